The van der Waals surface area contributed by atoms with Crippen LogP contribution in [0, 0.1) is 11.8 Å². The summed E-state index contributed by atoms with van der Waals surface area (Å²) in [5.74, 6) is 1.77. The molecule has 1 rings (SSSR count). The van der Waals surface area contributed by atoms with E-state index in [4.69, 9.17) is 4.74 Å². The summed E-state index contributed by atoms with van der Waals surface area (Å²) in [6, 6.07) is 0. The van der Waals surface area contributed by atoms with Gasteiger partial charge < -0.3 is 4.74 Å². The summed E-state index contributed by atoms with van der Waals surface area (Å²) >= 11 is 0. The highest BCUT2D eigenvalue weighted by atomic mass is 16.5. The van der Waals surface area contributed by atoms with Crippen molar-refractivity contribution in [2.45, 2.75) is 66.4 Å². The van der Waals surface area contributed by atoms with Gasteiger partial charge in [0.2, 0.25) is 0 Å². The Morgan fingerprint density at radius 3 is 1.71 bits per heavy atom. The van der Waals surface area contributed by atoms with E-state index < -0.39 is 0 Å². The molecule has 0 aliphatic carbocycles. The Morgan fingerprint density at radius 1 is 1.07 bits per heavy atom. The second-order valence-corrected chi connectivity index (χ2v) is 5.19. The molecule has 0 amide bonds. The molecule has 0 aromatic rings. The van der Waals surface area contributed by atoms with Crippen molar-refractivity contribution >= 4 is 0 Å². The van der Waals surface area contributed by atoms with Crippen LogP contribution in [0.5, 0.6) is 0 Å². The first-order chi connectivity index (χ1) is 6.52. The third-order valence-corrected chi connectivity index (χ3v) is 2.48. The van der Waals surface area contributed by atoms with E-state index >= 15 is 0 Å². The molecule has 1 aliphatic rings. The van der Waals surface area contributed by atoms with Crippen LogP contribution in [-0.2, 0) is 4.74 Å². The Balaban J connectivity index is 0.000000249. The van der Waals surface area contributed by atoms with Crippen LogP contribution in [0.1, 0.15) is 60.3 Å². The van der Waals surface area contributed by atoms with Crippen molar-refractivity contribution in [3.05, 3.63) is 0 Å². The smallest absolute Gasteiger partial charge is 0.0547 e. The van der Waals surface area contributed by atoms with Gasteiger partial charge in [-0.25, -0.2) is 0 Å². The van der Waals surface area contributed by atoms with Crippen LogP contribution in [-0.4, -0.2) is 12.7 Å². The lowest BCUT2D eigenvalue weighted by atomic mass is 10.0. The summed E-state index contributed by atoms with van der Waals surface area (Å²) in [5.41, 5.74) is 0. The third-order valence-electron chi connectivity index (χ3n) is 2.48. The number of hydrogen-bond acceptors (Lipinski definition) is 1. The molecule has 1 fully saturated rings. The Kier molecular flexibility index (Phi) is 8.26. The number of rotatable bonds is 3. The zero-order valence-electron chi connectivity index (χ0n) is 10.7. The van der Waals surface area contributed by atoms with Gasteiger partial charge in [0, 0.05) is 6.61 Å². The summed E-state index contributed by atoms with van der Waals surface area (Å²) in [6.45, 7) is 12.2. The predicted octanol–water partition coefficient (Wildman–Crippen LogP) is 4.26. The van der Waals surface area contributed by atoms with Crippen molar-refractivity contribution in [2.75, 3.05) is 6.61 Å². The van der Waals surface area contributed by atoms with Gasteiger partial charge in [-0.2, -0.15) is 0 Å². The molecule has 0 N–H and O–H groups in total. The maximum Gasteiger partial charge on any atom is 0.0547 e. The molecule has 1 saturated heterocycles. The lowest BCUT2D eigenvalue weighted by Crippen LogP contribution is -1.94. The van der Waals surface area contributed by atoms with Gasteiger partial charge in [0.05, 0.1) is 6.10 Å². The molecule has 0 saturated carbocycles. The van der Waals surface area contributed by atoms with Gasteiger partial charge in [0.1, 0.15) is 0 Å². The van der Waals surface area contributed by atoms with E-state index in [1.807, 2.05) is 0 Å². The summed E-state index contributed by atoms with van der Waals surface area (Å²) in [7, 11) is 0. The van der Waals surface area contributed by atoms with Gasteiger partial charge in [-0.1, -0.05) is 40.5 Å². The highest BCUT2D eigenvalue weighted by molar-refractivity contribution is 4.56. The summed E-state index contributed by atoms with van der Waals surface area (Å²) in [6.07, 6.45) is 5.85. The summed E-state index contributed by atoms with van der Waals surface area (Å²) in [5, 5.41) is 0. The molecule has 1 nitrogen and oxygen atoms in total. The van der Waals surface area contributed by atoms with E-state index in [-0.39, 0.29) is 0 Å². The van der Waals surface area contributed by atoms with Crippen LogP contribution in [0.2, 0.25) is 0 Å². The van der Waals surface area contributed by atoms with Crippen LogP contribution >= 0.6 is 0 Å². The predicted molar refractivity (Wildman–Crippen MR) is 63.6 cm³/mol. The standard InChI is InChI=1S/C8H18.C5H10O/c1-7(2)5-6-8(3)4;1-5-3-2-4-6-5/h7-8H,5-6H2,1-4H3;5H,2-4H2,1H3. The van der Waals surface area contributed by atoms with Crippen molar-refractivity contribution in [1.29, 1.82) is 0 Å². The van der Waals surface area contributed by atoms with E-state index in [0.29, 0.717) is 6.10 Å². The van der Waals surface area contributed by atoms with Gasteiger partial charge in [-0.3, -0.25) is 0 Å². The minimum Gasteiger partial charge on any atom is -0.379 e. The first kappa shape index (κ1) is 14.0. The minimum atomic E-state index is 0.546. The number of ether oxygens (including phenoxy) is 1. The van der Waals surface area contributed by atoms with Crippen LogP contribution in [0.25, 0.3) is 0 Å². The normalized spacial score (nSPS) is 21.2. The average Bonchev–Trinajstić information content (AvgIpc) is 2.53. The molecule has 1 heteroatoms. The topological polar surface area (TPSA) is 9.23 Å². The molecule has 14 heavy (non-hydrogen) atoms. The quantitative estimate of drug-likeness (QED) is 0.661. The molecule has 1 aliphatic heterocycles. The zero-order chi connectivity index (χ0) is 11.0. The maximum atomic E-state index is 5.15. The Morgan fingerprint density at radius 2 is 1.57 bits per heavy atom. The average molecular weight is 200 g/mol. The first-order valence-corrected chi connectivity index (χ1v) is 6.14. The van der Waals surface area contributed by atoms with E-state index in [1.165, 1.54) is 25.7 Å². The molecular weight excluding hydrogens is 172 g/mol. The zero-order valence-corrected chi connectivity index (χ0v) is 10.7. The van der Waals surface area contributed by atoms with Gasteiger partial charge in [0.25, 0.3) is 0 Å². The van der Waals surface area contributed by atoms with Gasteiger partial charge >= 0.3 is 0 Å². The van der Waals surface area contributed by atoms with E-state index in [9.17, 15) is 0 Å². The lowest BCUT2D eigenvalue weighted by molar-refractivity contribution is 0.125. The molecule has 1 atom stereocenters. The van der Waals surface area contributed by atoms with Gasteiger partial charge in [-0.05, 0) is 31.6 Å². The van der Waals surface area contributed by atoms with Crippen molar-refractivity contribution < 1.29 is 4.74 Å². The maximum absolute atomic E-state index is 5.15. The summed E-state index contributed by atoms with van der Waals surface area (Å²) in [4.78, 5) is 0. The van der Waals surface area contributed by atoms with Crippen LogP contribution in [0.4, 0.5) is 0 Å². The van der Waals surface area contributed by atoms with E-state index in [1.54, 1.807) is 0 Å². The largest absolute Gasteiger partial charge is 0.379 e. The molecule has 1 heterocycles. The fourth-order valence-electron chi connectivity index (χ4n) is 1.41. The SMILES string of the molecule is CC(C)CCC(C)C.CC1CCCO1. The van der Waals surface area contributed by atoms with Crippen LogP contribution in [0.15, 0.2) is 0 Å². The fraction of sp³-hybridized carbons (Fsp3) is 1.00. The number of hydrogen-bond donors (Lipinski definition) is 0. The Hall–Kier alpha value is -0.0400. The van der Waals surface area contributed by atoms with E-state index in [0.717, 1.165) is 18.4 Å². The van der Waals surface area contributed by atoms with Crippen molar-refractivity contribution in [3.63, 3.8) is 0 Å². The first-order valence-electron chi connectivity index (χ1n) is 6.14. The fourth-order valence-corrected chi connectivity index (χ4v) is 1.41. The van der Waals surface area contributed by atoms with Crippen LogP contribution in [0.3, 0.4) is 0 Å². The minimum absolute atomic E-state index is 0.546. The summed E-state index contributed by atoms with van der Waals surface area (Å²) < 4.78 is 5.15. The van der Waals surface area contributed by atoms with Gasteiger partial charge in [-0.15, -0.1) is 0 Å². The molecule has 0 spiro atoms. The molecular formula is C13H28O. The molecule has 1 unspecified atom stereocenters. The lowest BCUT2D eigenvalue weighted by Gasteiger charge is -2.05. The second kappa shape index (κ2) is 8.28. The molecule has 0 aromatic heterocycles. The van der Waals surface area contributed by atoms with Crippen molar-refractivity contribution in [3.8, 4) is 0 Å². The van der Waals surface area contributed by atoms with Crippen molar-refractivity contribution in [2.24, 2.45) is 11.8 Å². The molecule has 86 valence electrons. The van der Waals surface area contributed by atoms with Crippen molar-refractivity contribution in [1.82, 2.24) is 0 Å². The third kappa shape index (κ3) is 10.0. The molecule has 0 radical (unpaired) electrons. The highest BCUT2D eigenvalue weighted by Crippen LogP contribution is 2.10. The van der Waals surface area contributed by atoms with Gasteiger partial charge in [0.15, 0.2) is 0 Å². The monoisotopic (exact) mass is 200 g/mol. The Bertz CT molecular complexity index is 104. The van der Waals surface area contributed by atoms with E-state index in [2.05, 4.69) is 34.6 Å². The second-order valence-electron chi connectivity index (χ2n) is 5.19. The molecule has 0 aromatic carbocycles. The molecule has 0 bridgehead atoms. The highest BCUT2D eigenvalue weighted by Gasteiger charge is 2.07. The van der Waals surface area contributed by atoms with Crippen LogP contribution < -0.4 is 0 Å². The Labute approximate surface area is 90.2 Å².